The molecule has 0 atom stereocenters. The van der Waals surface area contributed by atoms with Crippen molar-refractivity contribution < 1.29 is 14.7 Å². The average Bonchev–Trinajstić information content (AvgIpc) is 3.05. The highest BCUT2D eigenvalue weighted by atomic mass is 16.4. The lowest BCUT2D eigenvalue weighted by molar-refractivity contribution is 0.0658. The molecule has 1 aliphatic carbocycles. The first-order chi connectivity index (χ1) is 13.9. The Bertz CT molecular complexity index is 918. The van der Waals surface area contributed by atoms with E-state index in [2.05, 4.69) is 48.6 Å². The first-order valence-electron chi connectivity index (χ1n) is 10.0. The van der Waals surface area contributed by atoms with Crippen molar-refractivity contribution in [2.24, 2.45) is 0 Å². The Morgan fingerprint density at radius 2 is 1.72 bits per heavy atom. The van der Waals surface area contributed by atoms with E-state index in [0.717, 1.165) is 25.7 Å². The summed E-state index contributed by atoms with van der Waals surface area (Å²) in [5, 5.41) is 12.5. The third kappa shape index (κ3) is 3.38. The molecule has 2 aliphatic rings. The lowest BCUT2D eigenvalue weighted by atomic mass is 9.69. The Kier molecular flexibility index (Phi) is 4.82. The summed E-state index contributed by atoms with van der Waals surface area (Å²) in [5.41, 5.74) is 1.83. The number of urea groups is 1. The maximum absolute atomic E-state index is 12.8. The van der Waals surface area contributed by atoms with Crippen LogP contribution in [-0.4, -0.2) is 48.2 Å². The molecular weight excluding hydrogens is 366 g/mol. The highest BCUT2D eigenvalue weighted by Gasteiger charge is 2.50. The van der Waals surface area contributed by atoms with Gasteiger partial charge in [-0.2, -0.15) is 0 Å². The number of benzene rings is 2. The number of carboxylic acids is 1. The molecule has 1 saturated carbocycles. The minimum Gasteiger partial charge on any atom is -0.478 e. The van der Waals surface area contributed by atoms with Crippen LogP contribution in [-0.2, 0) is 5.54 Å². The number of anilines is 1. The molecule has 2 aromatic rings. The van der Waals surface area contributed by atoms with Crippen molar-refractivity contribution in [1.82, 2.24) is 10.2 Å². The van der Waals surface area contributed by atoms with E-state index in [1.54, 1.807) is 29.2 Å². The van der Waals surface area contributed by atoms with E-state index < -0.39 is 5.97 Å². The molecule has 0 unspecified atom stereocenters. The van der Waals surface area contributed by atoms with Crippen LogP contribution in [0.1, 0.15) is 41.6 Å². The summed E-state index contributed by atoms with van der Waals surface area (Å²) in [6.07, 6.45) is 3.66. The van der Waals surface area contributed by atoms with E-state index in [1.807, 2.05) is 6.07 Å². The molecule has 1 heterocycles. The fourth-order valence-electron chi connectivity index (χ4n) is 4.89. The molecule has 2 N–H and O–H groups in total. The third-order valence-electron chi connectivity index (χ3n) is 6.68. The summed E-state index contributed by atoms with van der Waals surface area (Å²) >= 11 is 0. The Hall–Kier alpha value is -2.86. The number of hydrogen-bond acceptors (Lipinski definition) is 3. The molecule has 4 rings (SSSR count). The van der Waals surface area contributed by atoms with E-state index in [4.69, 9.17) is 0 Å². The van der Waals surface area contributed by atoms with Crippen LogP contribution in [0.25, 0.3) is 0 Å². The third-order valence-corrected chi connectivity index (χ3v) is 6.68. The van der Waals surface area contributed by atoms with E-state index in [9.17, 15) is 14.7 Å². The second-order valence-corrected chi connectivity index (χ2v) is 8.44. The molecule has 1 spiro atoms. The molecule has 29 heavy (non-hydrogen) atoms. The molecule has 2 fully saturated rings. The number of nitrogens with one attached hydrogen (secondary N) is 1. The zero-order valence-electron chi connectivity index (χ0n) is 16.9. The van der Waals surface area contributed by atoms with Crippen LogP contribution in [0.3, 0.4) is 0 Å². The second-order valence-electron chi connectivity index (χ2n) is 8.44. The first kappa shape index (κ1) is 19.5. The van der Waals surface area contributed by atoms with Gasteiger partial charge in [0.05, 0.1) is 17.6 Å². The minimum absolute atomic E-state index is 0.0338. The first-order valence-corrected chi connectivity index (χ1v) is 10.0. The van der Waals surface area contributed by atoms with E-state index in [0.29, 0.717) is 12.2 Å². The number of carbonyl (C=O) groups is 2. The van der Waals surface area contributed by atoms with Gasteiger partial charge in [0, 0.05) is 11.2 Å². The number of amides is 2. The minimum atomic E-state index is -0.988. The van der Waals surface area contributed by atoms with Gasteiger partial charge in [0.15, 0.2) is 0 Å². The second kappa shape index (κ2) is 7.19. The van der Waals surface area contributed by atoms with Gasteiger partial charge < -0.3 is 10.4 Å². The highest BCUT2D eigenvalue weighted by Crippen LogP contribution is 2.46. The van der Waals surface area contributed by atoms with Gasteiger partial charge >= 0.3 is 12.0 Å². The van der Waals surface area contributed by atoms with Gasteiger partial charge in [0.25, 0.3) is 0 Å². The van der Waals surface area contributed by atoms with Crippen molar-refractivity contribution in [3.63, 3.8) is 0 Å². The molecule has 2 amide bonds. The molecule has 0 radical (unpaired) electrons. The summed E-state index contributed by atoms with van der Waals surface area (Å²) in [6, 6.07) is 17.0. The summed E-state index contributed by atoms with van der Waals surface area (Å²) in [4.78, 5) is 28.0. The van der Waals surface area contributed by atoms with E-state index in [1.165, 1.54) is 5.56 Å². The molecule has 6 heteroatoms. The number of aromatic carboxylic acids is 1. The lowest BCUT2D eigenvalue weighted by Crippen LogP contribution is -2.54. The van der Waals surface area contributed by atoms with Crippen molar-refractivity contribution in [2.45, 2.75) is 36.8 Å². The monoisotopic (exact) mass is 393 g/mol. The Labute approximate surface area is 171 Å². The van der Waals surface area contributed by atoms with Crippen LogP contribution in [0.5, 0.6) is 0 Å². The standard InChI is InChI=1S/C23H27N3O3/c1-25(2)23(18-8-4-3-5-9-18)13-11-22(12-14-23)16-26(21(29)24-22)19-10-6-7-17(15-19)20(27)28/h3-10,15H,11-14,16H2,1-2H3,(H,24,29)(H,27,28). The van der Waals surface area contributed by atoms with Crippen LogP contribution in [0.4, 0.5) is 10.5 Å². The van der Waals surface area contributed by atoms with E-state index >= 15 is 0 Å². The summed E-state index contributed by atoms with van der Waals surface area (Å²) in [5.74, 6) is -0.988. The Morgan fingerprint density at radius 3 is 2.34 bits per heavy atom. The molecule has 1 aliphatic heterocycles. The number of nitrogens with zero attached hydrogens (tertiary/aromatic N) is 2. The van der Waals surface area contributed by atoms with Crippen LogP contribution in [0.15, 0.2) is 54.6 Å². The smallest absolute Gasteiger partial charge is 0.335 e. The Morgan fingerprint density at radius 1 is 1.03 bits per heavy atom. The van der Waals surface area contributed by atoms with Crippen LogP contribution < -0.4 is 10.2 Å². The van der Waals surface area contributed by atoms with Crippen LogP contribution >= 0.6 is 0 Å². The lowest BCUT2D eigenvalue weighted by Gasteiger charge is -2.48. The van der Waals surface area contributed by atoms with Crippen molar-refractivity contribution in [3.05, 3.63) is 65.7 Å². The van der Waals surface area contributed by atoms with E-state index in [-0.39, 0.29) is 22.7 Å². The summed E-state index contributed by atoms with van der Waals surface area (Å²) in [6.45, 7) is 0.563. The largest absolute Gasteiger partial charge is 0.478 e. The fraction of sp³-hybridized carbons (Fsp3) is 0.391. The summed E-state index contributed by atoms with van der Waals surface area (Å²) in [7, 11) is 4.25. The molecule has 0 bridgehead atoms. The van der Waals surface area contributed by atoms with Crippen molar-refractivity contribution in [3.8, 4) is 0 Å². The molecule has 1 saturated heterocycles. The highest BCUT2D eigenvalue weighted by molar-refractivity contribution is 5.97. The average molecular weight is 393 g/mol. The fourth-order valence-corrected chi connectivity index (χ4v) is 4.89. The maximum atomic E-state index is 12.8. The van der Waals surface area contributed by atoms with Gasteiger partial charge in [-0.25, -0.2) is 9.59 Å². The van der Waals surface area contributed by atoms with Gasteiger partial charge in [0.1, 0.15) is 0 Å². The normalized spacial score (nSPS) is 26.7. The van der Waals surface area contributed by atoms with Crippen LogP contribution in [0.2, 0.25) is 0 Å². The number of carbonyl (C=O) groups excluding carboxylic acids is 1. The van der Waals surface area contributed by atoms with Gasteiger partial charge in [-0.1, -0.05) is 36.4 Å². The van der Waals surface area contributed by atoms with Gasteiger partial charge in [-0.3, -0.25) is 9.80 Å². The van der Waals surface area contributed by atoms with Gasteiger partial charge in [0.2, 0.25) is 0 Å². The molecule has 2 aromatic carbocycles. The predicted octanol–water partition coefficient (Wildman–Crippen LogP) is 3.68. The Balaban J connectivity index is 1.55. The predicted molar refractivity (Wildman–Crippen MR) is 112 cm³/mol. The number of carboxylic acid groups (broad SMARTS) is 1. The SMILES string of the molecule is CN(C)C1(c2ccccc2)CCC2(CC1)CN(c1cccc(C(=O)O)c1)C(=O)N2. The van der Waals surface area contributed by atoms with Gasteiger partial charge in [-0.15, -0.1) is 0 Å². The molecule has 152 valence electrons. The topological polar surface area (TPSA) is 72.9 Å². The van der Waals surface area contributed by atoms with Crippen molar-refractivity contribution in [1.29, 1.82) is 0 Å². The zero-order chi connectivity index (χ0) is 20.6. The molecular formula is C23H27N3O3. The van der Waals surface area contributed by atoms with Crippen LogP contribution in [0, 0.1) is 0 Å². The molecule has 6 nitrogen and oxygen atoms in total. The van der Waals surface area contributed by atoms with Gasteiger partial charge in [-0.05, 0) is 63.5 Å². The van der Waals surface area contributed by atoms with Crippen molar-refractivity contribution >= 4 is 17.7 Å². The van der Waals surface area contributed by atoms with Crippen molar-refractivity contribution in [2.75, 3.05) is 25.5 Å². The number of rotatable bonds is 4. The maximum Gasteiger partial charge on any atom is 0.335 e. The zero-order valence-corrected chi connectivity index (χ0v) is 16.9. The molecule has 0 aromatic heterocycles. The number of hydrogen-bond donors (Lipinski definition) is 2. The quantitative estimate of drug-likeness (QED) is 0.831. The summed E-state index contributed by atoms with van der Waals surface area (Å²) < 4.78 is 0.